The van der Waals surface area contributed by atoms with Crippen LogP contribution in [0.1, 0.15) is 32.6 Å². The summed E-state index contributed by atoms with van der Waals surface area (Å²) in [7, 11) is 1.49. The Hall–Kier alpha value is -2.16. The van der Waals surface area contributed by atoms with Crippen LogP contribution in [0.25, 0.3) is 10.1 Å². The van der Waals surface area contributed by atoms with Gasteiger partial charge in [0.2, 0.25) is 0 Å². The summed E-state index contributed by atoms with van der Waals surface area (Å²) in [6.07, 6.45) is 0. The lowest BCUT2D eigenvalue weighted by molar-refractivity contribution is 0.100. The van der Waals surface area contributed by atoms with Crippen molar-refractivity contribution in [1.29, 1.82) is 0 Å². The fraction of sp³-hybridized carbons (Fsp3) is 0.188. The fourth-order valence-corrected chi connectivity index (χ4v) is 4.14. The van der Waals surface area contributed by atoms with E-state index < -0.39 is 5.91 Å². The molecule has 0 aliphatic heterocycles. The number of fused-ring (bicyclic) bond motifs is 1. The molecule has 5 nitrogen and oxygen atoms in total. The van der Waals surface area contributed by atoms with Crippen molar-refractivity contribution in [2.24, 2.45) is 0 Å². The first kappa shape index (κ1) is 16.7. The maximum atomic E-state index is 14.1. The summed E-state index contributed by atoms with van der Waals surface area (Å²) in [4.78, 5) is 28.3. The van der Waals surface area contributed by atoms with E-state index in [-0.39, 0.29) is 18.2 Å². The minimum atomic E-state index is -0.396. The summed E-state index contributed by atoms with van der Waals surface area (Å²) < 4.78 is 19.9. The third-order valence-corrected chi connectivity index (χ3v) is 5.30. The van der Waals surface area contributed by atoms with Crippen molar-refractivity contribution in [2.75, 3.05) is 12.4 Å². The average Bonchev–Trinajstić information content (AvgIpc) is 3.13. The topological polar surface area (TPSA) is 68.3 Å². The van der Waals surface area contributed by atoms with Gasteiger partial charge in [0.05, 0.1) is 11.5 Å². The number of methoxy groups -OCH3 is 1. The molecule has 1 N–H and O–H groups in total. The molecule has 0 bridgehead atoms. The number of rotatable bonds is 5. The van der Waals surface area contributed by atoms with Crippen molar-refractivity contribution in [1.82, 2.24) is 4.98 Å². The molecule has 1 aromatic carbocycles. The number of benzene rings is 1. The number of ketones is 1. The predicted octanol–water partition coefficient (Wildman–Crippen LogP) is 4.10. The molecule has 2 aromatic heterocycles. The fourth-order valence-electron chi connectivity index (χ4n) is 2.28. The third-order valence-electron chi connectivity index (χ3n) is 3.34. The molecule has 0 unspecified atom stereocenters. The van der Waals surface area contributed by atoms with E-state index >= 15 is 0 Å². The number of carbonyl (C=O) groups is 2. The zero-order chi connectivity index (χ0) is 17.3. The average molecular weight is 364 g/mol. The number of ether oxygens (including phenoxy) is 1. The highest BCUT2D eigenvalue weighted by molar-refractivity contribution is 7.21. The Kier molecular flexibility index (Phi) is 4.70. The van der Waals surface area contributed by atoms with Crippen LogP contribution in [0, 0.1) is 5.82 Å². The second-order valence-electron chi connectivity index (χ2n) is 5.00. The lowest BCUT2D eigenvalue weighted by atomic mass is 10.1. The van der Waals surface area contributed by atoms with Gasteiger partial charge in [-0.15, -0.1) is 22.7 Å². The number of hydrogen-bond donors (Lipinski definition) is 1. The molecule has 0 saturated heterocycles. The Morgan fingerprint density at radius 1 is 1.38 bits per heavy atom. The van der Waals surface area contributed by atoms with E-state index in [1.54, 1.807) is 17.5 Å². The van der Waals surface area contributed by atoms with Gasteiger partial charge in [0, 0.05) is 35.1 Å². The highest BCUT2D eigenvalue weighted by atomic mass is 32.1. The molecule has 1 amide bonds. The molecule has 0 radical (unpaired) electrons. The number of thiazole rings is 1. The van der Waals surface area contributed by atoms with E-state index in [4.69, 9.17) is 4.74 Å². The highest BCUT2D eigenvalue weighted by Crippen LogP contribution is 2.34. The van der Waals surface area contributed by atoms with Crippen molar-refractivity contribution in [3.8, 4) is 0 Å². The van der Waals surface area contributed by atoms with Crippen LogP contribution in [0.4, 0.5) is 9.52 Å². The van der Waals surface area contributed by atoms with Crippen LogP contribution >= 0.6 is 22.7 Å². The van der Waals surface area contributed by atoms with E-state index in [0.717, 1.165) is 0 Å². The Labute approximate surface area is 145 Å². The first-order chi connectivity index (χ1) is 11.5. The predicted molar refractivity (Wildman–Crippen MR) is 92.6 cm³/mol. The number of hydrogen-bond acceptors (Lipinski definition) is 6. The maximum Gasteiger partial charge on any atom is 0.267 e. The van der Waals surface area contributed by atoms with Gasteiger partial charge < -0.3 is 4.74 Å². The number of carbonyl (C=O) groups excluding carboxylic acids is 2. The van der Waals surface area contributed by atoms with Crippen LogP contribution < -0.4 is 5.32 Å². The summed E-state index contributed by atoms with van der Waals surface area (Å²) in [5.41, 5.74) is 0.811. The summed E-state index contributed by atoms with van der Waals surface area (Å²) in [6, 6.07) is 4.72. The number of thiophene rings is 1. The highest BCUT2D eigenvalue weighted by Gasteiger charge is 2.21. The molecule has 3 rings (SSSR count). The summed E-state index contributed by atoms with van der Waals surface area (Å²) in [6.45, 7) is 1.53. The quantitative estimate of drug-likeness (QED) is 0.692. The van der Waals surface area contributed by atoms with Crippen molar-refractivity contribution < 1.29 is 18.7 Å². The minimum Gasteiger partial charge on any atom is -0.380 e. The molecule has 0 aliphatic carbocycles. The Bertz CT molecular complexity index is 933. The molecule has 0 atom stereocenters. The summed E-state index contributed by atoms with van der Waals surface area (Å²) in [5.74, 6) is -0.953. The van der Waals surface area contributed by atoms with E-state index in [2.05, 4.69) is 10.3 Å². The van der Waals surface area contributed by atoms with Crippen molar-refractivity contribution >= 4 is 49.6 Å². The van der Waals surface area contributed by atoms with E-state index in [9.17, 15) is 14.0 Å². The number of nitrogens with one attached hydrogen (secondary N) is 1. The lowest BCUT2D eigenvalue weighted by Crippen LogP contribution is -2.12. The SMILES string of the molecule is COCc1c(C(=O)Nc2nc(C(C)=O)cs2)sc2cccc(F)c12. The van der Waals surface area contributed by atoms with Gasteiger partial charge in [-0.3, -0.25) is 14.9 Å². The number of halogens is 1. The van der Waals surface area contributed by atoms with Crippen molar-refractivity contribution in [2.45, 2.75) is 13.5 Å². The van der Waals surface area contributed by atoms with E-state index in [1.165, 1.54) is 42.8 Å². The summed E-state index contributed by atoms with van der Waals surface area (Å²) in [5, 5.41) is 4.97. The molecule has 0 aliphatic rings. The Morgan fingerprint density at radius 2 is 2.17 bits per heavy atom. The molecule has 0 fully saturated rings. The molecule has 0 spiro atoms. The van der Waals surface area contributed by atoms with Gasteiger partial charge in [-0.05, 0) is 12.1 Å². The molecular formula is C16H13FN2O3S2. The number of Topliss-reactive ketones (excluding diaryl/α,β-unsaturated/α-hetero) is 1. The van der Waals surface area contributed by atoms with Gasteiger partial charge in [0.1, 0.15) is 11.5 Å². The van der Waals surface area contributed by atoms with Crippen LogP contribution in [0.3, 0.4) is 0 Å². The Morgan fingerprint density at radius 3 is 2.83 bits per heavy atom. The molecular weight excluding hydrogens is 351 g/mol. The smallest absolute Gasteiger partial charge is 0.267 e. The van der Waals surface area contributed by atoms with Crippen LogP contribution in [-0.4, -0.2) is 23.8 Å². The number of nitrogens with zero attached hydrogens (tertiary/aromatic N) is 1. The molecule has 3 aromatic rings. The van der Waals surface area contributed by atoms with Crippen LogP contribution in [-0.2, 0) is 11.3 Å². The van der Waals surface area contributed by atoms with E-state index in [1.807, 2.05) is 0 Å². The molecule has 124 valence electrons. The minimum absolute atomic E-state index is 0.125. The van der Waals surface area contributed by atoms with Crippen molar-refractivity contribution in [3.63, 3.8) is 0 Å². The third kappa shape index (κ3) is 3.08. The second-order valence-corrected chi connectivity index (χ2v) is 6.91. The van der Waals surface area contributed by atoms with E-state index in [0.29, 0.717) is 31.4 Å². The maximum absolute atomic E-state index is 14.1. The second kappa shape index (κ2) is 6.76. The van der Waals surface area contributed by atoms with Gasteiger partial charge in [0.15, 0.2) is 10.9 Å². The Balaban J connectivity index is 1.98. The monoisotopic (exact) mass is 364 g/mol. The van der Waals surface area contributed by atoms with Crippen molar-refractivity contribution in [3.05, 3.63) is 45.5 Å². The first-order valence-electron chi connectivity index (χ1n) is 6.98. The van der Waals surface area contributed by atoms with Crippen LogP contribution in [0.15, 0.2) is 23.6 Å². The zero-order valence-electron chi connectivity index (χ0n) is 12.9. The number of aromatic nitrogens is 1. The lowest BCUT2D eigenvalue weighted by Gasteiger charge is -2.04. The number of anilines is 1. The van der Waals surface area contributed by atoms with Gasteiger partial charge in [-0.1, -0.05) is 6.07 Å². The molecule has 24 heavy (non-hydrogen) atoms. The largest absolute Gasteiger partial charge is 0.380 e. The van der Waals surface area contributed by atoms with Gasteiger partial charge >= 0.3 is 0 Å². The summed E-state index contributed by atoms with van der Waals surface area (Å²) >= 11 is 2.36. The molecule has 2 heterocycles. The van der Waals surface area contributed by atoms with Gasteiger partial charge in [-0.2, -0.15) is 0 Å². The standard InChI is InChI=1S/C16H13FN2O3S2/c1-8(20)11-7-23-16(18-11)19-15(21)14-9(6-22-2)13-10(17)4-3-5-12(13)24-14/h3-5,7H,6H2,1-2H3,(H,18,19,21). The molecule has 8 heteroatoms. The molecule has 0 saturated carbocycles. The number of amides is 1. The van der Waals surface area contributed by atoms with Gasteiger partial charge in [-0.25, -0.2) is 9.37 Å². The zero-order valence-corrected chi connectivity index (χ0v) is 14.5. The first-order valence-corrected chi connectivity index (χ1v) is 8.67. The van der Waals surface area contributed by atoms with Crippen LogP contribution in [0.2, 0.25) is 0 Å². The van der Waals surface area contributed by atoms with Crippen LogP contribution in [0.5, 0.6) is 0 Å². The van der Waals surface area contributed by atoms with Gasteiger partial charge in [0.25, 0.3) is 5.91 Å². The normalized spacial score (nSPS) is 11.0.